The summed E-state index contributed by atoms with van der Waals surface area (Å²) in [4.78, 5) is 20.1. The Labute approximate surface area is 77.7 Å². The number of carboxylic acid groups (broad SMARTS) is 1. The highest BCUT2D eigenvalue weighted by Gasteiger charge is 2.19. The minimum Gasteiger partial charge on any atom is -0.477 e. The van der Waals surface area contributed by atoms with Crippen molar-refractivity contribution < 1.29 is 14.8 Å². The molecule has 0 aliphatic rings. The fourth-order valence-corrected chi connectivity index (χ4v) is 1.00. The number of nitro benzene ring substituents is 1. The number of rotatable bonds is 2. The number of nitrogens with zero attached hydrogens (tertiary/aromatic N) is 1. The highest BCUT2D eigenvalue weighted by atomic mass is 35.5. The summed E-state index contributed by atoms with van der Waals surface area (Å²) in [5.41, 5.74) is -0.866. The lowest BCUT2D eigenvalue weighted by molar-refractivity contribution is -0.385. The predicted molar refractivity (Wildman–Crippen MR) is 45.1 cm³/mol. The summed E-state index contributed by atoms with van der Waals surface area (Å²) in [6.45, 7) is 0. The van der Waals surface area contributed by atoms with E-state index in [1.54, 1.807) is 0 Å². The molecule has 0 radical (unpaired) electrons. The second kappa shape index (κ2) is 3.40. The lowest BCUT2D eigenvalue weighted by atomic mass is 10.2. The first-order chi connectivity index (χ1) is 6.02. The van der Waals surface area contributed by atoms with E-state index in [-0.39, 0.29) is 10.6 Å². The zero-order chi connectivity index (χ0) is 10.0. The van der Waals surface area contributed by atoms with Crippen molar-refractivity contribution in [1.82, 2.24) is 0 Å². The molecule has 0 saturated carbocycles. The van der Waals surface area contributed by atoms with Gasteiger partial charge in [0.25, 0.3) is 5.69 Å². The molecule has 0 aliphatic carbocycles. The number of benzene rings is 1. The first-order valence-electron chi connectivity index (χ1n) is 3.19. The summed E-state index contributed by atoms with van der Waals surface area (Å²) >= 11 is 5.47. The Balaban J connectivity index is 3.35. The monoisotopic (exact) mass is 202 g/mol. The third-order valence-corrected chi connectivity index (χ3v) is 1.62. The van der Waals surface area contributed by atoms with Gasteiger partial charge in [-0.15, -0.1) is 0 Å². The van der Waals surface area contributed by atoms with E-state index in [4.69, 9.17) is 16.7 Å². The Kier molecular flexibility index (Phi) is 2.48. The molecule has 13 heavy (non-hydrogen) atoms. The van der Waals surface area contributed by atoms with Gasteiger partial charge in [-0.3, -0.25) is 10.1 Å². The van der Waals surface area contributed by atoms with Gasteiger partial charge < -0.3 is 5.11 Å². The predicted octanol–water partition coefficient (Wildman–Crippen LogP) is 1.95. The van der Waals surface area contributed by atoms with Gasteiger partial charge in [0.05, 0.1) is 4.92 Å². The van der Waals surface area contributed by atoms with Gasteiger partial charge >= 0.3 is 5.97 Å². The summed E-state index contributed by atoms with van der Waals surface area (Å²) in [5.74, 6) is -1.34. The lowest BCUT2D eigenvalue weighted by Crippen LogP contribution is -2.01. The Morgan fingerprint density at radius 1 is 1.54 bits per heavy atom. The first-order valence-corrected chi connectivity index (χ1v) is 3.57. The number of aromatic carboxylic acids is 1. The third kappa shape index (κ3) is 1.94. The van der Waals surface area contributed by atoms with Gasteiger partial charge in [-0.25, -0.2) is 4.79 Å². The standard InChI is InChI=1S/C7H4ClNO4/c8-4-1-2-5(7(10)11)6(3-4)9(12)13/h1-3H,(H,10,11)/i7+1. The van der Waals surface area contributed by atoms with Crippen LogP contribution in [-0.2, 0) is 0 Å². The van der Waals surface area contributed by atoms with Crippen molar-refractivity contribution in [3.8, 4) is 0 Å². The molecule has 0 saturated heterocycles. The van der Waals surface area contributed by atoms with Crippen molar-refractivity contribution in [2.24, 2.45) is 0 Å². The summed E-state index contributed by atoms with van der Waals surface area (Å²) in [6, 6.07) is 3.39. The maximum atomic E-state index is 10.5. The molecule has 68 valence electrons. The van der Waals surface area contributed by atoms with Crippen molar-refractivity contribution in [3.05, 3.63) is 38.9 Å². The fourth-order valence-electron chi connectivity index (χ4n) is 0.837. The van der Waals surface area contributed by atoms with Crippen molar-refractivity contribution in [2.75, 3.05) is 0 Å². The number of hydrogen-bond acceptors (Lipinski definition) is 3. The average Bonchev–Trinajstić information content (AvgIpc) is 2.03. The van der Waals surface area contributed by atoms with Gasteiger partial charge in [0.15, 0.2) is 0 Å². The molecule has 0 heterocycles. The van der Waals surface area contributed by atoms with Crippen LogP contribution in [0, 0.1) is 10.1 Å². The molecule has 1 aromatic carbocycles. The SMILES string of the molecule is O=[13C](O)c1ccc(Cl)cc1[N+](=O)[O-]. The molecule has 1 rings (SSSR count). The highest BCUT2D eigenvalue weighted by molar-refractivity contribution is 6.31. The van der Waals surface area contributed by atoms with Gasteiger partial charge in [0.2, 0.25) is 0 Å². The summed E-state index contributed by atoms with van der Waals surface area (Å²) in [6.07, 6.45) is 0. The molecule has 0 bridgehead atoms. The van der Waals surface area contributed by atoms with Gasteiger partial charge in [0, 0.05) is 11.1 Å². The normalized spacial score (nSPS) is 9.62. The highest BCUT2D eigenvalue weighted by Crippen LogP contribution is 2.22. The number of halogens is 1. The Hall–Kier alpha value is -1.62. The zero-order valence-electron chi connectivity index (χ0n) is 6.23. The van der Waals surface area contributed by atoms with E-state index in [0.717, 1.165) is 12.1 Å². The summed E-state index contributed by atoms with van der Waals surface area (Å²) < 4.78 is 0. The van der Waals surface area contributed by atoms with Crippen LogP contribution in [0.2, 0.25) is 5.02 Å². The van der Waals surface area contributed by atoms with E-state index in [1.165, 1.54) is 6.07 Å². The van der Waals surface area contributed by atoms with Crippen molar-refractivity contribution in [3.63, 3.8) is 0 Å². The average molecular weight is 203 g/mol. The Morgan fingerprint density at radius 3 is 2.62 bits per heavy atom. The number of carboxylic acids is 1. The topological polar surface area (TPSA) is 80.4 Å². The maximum absolute atomic E-state index is 10.5. The minimum atomic E-state index is -1.34. The smallest absolute Gasteiger partial charge is 0.342 e. The molecule has 0 amide bonds. The van der Waals surface area contributed by atoms with Gasteiger partial charge in [0.1, 0.15) is 5.56 Å². The van der Waals surface area contributed by atoms with Crippen molar-refractivity contribution in [1.29, 1.82) is 0 Å². The van der Waals surface area contributed by atoms with Crippen molar-refractivity contribution in [2.45, 2.75) is 0 Å². The van der Waals surface area contributed by atoms with Crippen LogP contribution in [-0.4, -0.2) is 16.0 Å². The van der Waals surface area contributed by atoms with E-state index in [9.17, 15) is 14.9 Å². The molecule has 0 fully saturated rings. The van der Waals surface area contributed by atoms with Crippen LogP contribution < -0.4 is 0 Å². The van der Waals surface area contributed by atoms with E-state index in [1.807, 2.05) is 0 Å². The van der Waals surface area contributed by atoms with Gasteiger partial charge in [-0.2, -0.15) is 0 Å². The largest absolute Gasteiger partial charge is 0.477 e. The lowest BCUT2D eigenvalue weighted by Gasteiger charge is -1.97. The van der Waals surface area contributed by atoms with Crippen LogP contribution in [0.1, 0.15) is 10.4 Å². The van der Waals surface area contributed by atoms with Crippen LogP contribution in [0.4, 0.5) is 5.69 Å². The van der Waals surface area contributed by atoms with Crippen LogP contribution in [0.15, 0.2) is 18.2 Å². The van der Waals surface area contributed by atoms with Gasteiger partial charge in [-0.05, 0) is 12.1 Å². The Morgan fingerprint density at radius 2 is 2.15 bits per heavy atom. The van der Waals surface area contributed by atoms with E-state index >= 15 is 0 Å². The second-order valence-electron chi connectivity index (χ2n) is 2.22. The first kappa shape index (κ1) is 9.47. The van der Waals surface area contributed by atoms with Crippen LogP contribution in [0.25, 0.3) is 0 Å². The van der Waals surface area contributed by atoms with E-state index in [2.05, 4.69) is 0 Å². The van der Waals surface area contributed by atoms with Gasteiger partial charge in [-0.1, -0.05) is 11.6 Å². The van der Waals surface area contributed by atoms with Crippen LogP contribution in [0.5, 0.6) is 0 Å². The molecule has 1 N–H and O–H groups in total. The van der Waals surface area contributed by atoms with Crippen LogP contribution in [0.3, 0.4) is 0 Å². The van der Waals surface area contributed by atoms with E-state index < -0.39 is 16.6 Å². The van der Waals surface area contributed by atoms with Crippen molar-refractivity contribution >= 4 is 23.3 Å². The number of nitro groups is 1. The molecule has 5 nitrogen and oxygen atoms in total. The molecule has 0 aromatic heterocycles. The molecule has 0 atom stereocenters. The maximum Gasteiger partial charge on any atom is 0.342 e. The molecule has 0 spiro atoms. The quantitative estimate of drug-likeness (QED) is 0.452. The van der Waals surface area contributed by atoms with Crippen LogP contribution >= 0.6 is 11.6 Å². The van der Waals surface area contributed by atoms with E-state index in [0.29, 0.717) is 0 Å². The summed E-state index contributed by atoms with van der Waals surface area (Å²) in [5, 5.41) is 19.1. The molecule has 6 heteroatoms. The number of hydrogen-bond donors (Lipinski definition) is 1. The zero-order valence-corrected chi connectivity index (χ0v) is 6.99. The molecule has 0 aliphatic heterocycles. The summed E-state index contributed by atoms with van der Waals surface area (Å²) in [7, 11) is 0. The minimum absolute atomic E-state index is 0.136. The second-order valence-corrected chi connectivity index (χ2v) is 2.66. The molecule has 0 unspecified atom stereocenters. The number of carbonyl (C=O) groups is 1. The Bertz CT molecular complexity index is 377. The third-order valence-electron chi connectivity index (χ3n) is 1.39. The molecule has 1 aromatic rings. The fraction of sp³-hybridized carbons (Fsp3) is 0. The molecular weight excluding hydrogens is 199 g/mol. The molecular formula is C7H4ClNO4.